The third kappa shape index (κ3) is 6.33. The molecular weight excluding hydrogens is 536 g/mol. The number of benzene rings is 3. The maximum absolute atomic E-state index is 12.9. The van der Waals surface area contributed by atoms with E-state index < -0.39 is 19.7 Å². The average molecular weight is 563 g/mol. The SMILES string of the molecule is CS(=O)(=O)CCNCc1ccc(-c2ccc3ncnc(Nc4ccc(S(=O)(=O)c5ccccc5)cc4)c3c2)o1. The second-order valence-corrected chi connectivity index (χ2v) is 13.2. The summed E-state index contributed by atoms with van der Waals surface area (Å²) in [5, 5.41) is 7.10. The molecule has 0 atom stereocenters. The number of nitrogens with one attached hydrogen (secondary N) is 2. The molecule has 200 valence electrons. The van der Waals surface area contributed by atoms with Crippen molar-refractivity contribution in [1.82, 2.24) is 15.3 Å². The molecule has 0 aliphatic heterocycles. The highest BCUT2D eigenvalue weighted by molar-refractivity contribution is 7.91. The van der Waals surface area contributed by atoms with Crippen molar-refractivity contribution in [2.75, 3.05) is 23.9 Å². The van der Waals surface area contributed by atoms with Gasteiger partial charge in [0.05, 0.1) is 27.6 Å². The van der Waals surface area contributed by atoms with Gasteiger partial charge in [-0.2, -0.15) is 0 Å². The minimum atomic E-state index is -3.61. The van der Waals surface area contributed by atoms with Crippen LogP contribution < -0.4 is 10.6 Å². The van der Waals surface area contributed by atoms with Crippen molar-refractivity contribution in [1.29, 1.82) is 0 Å². The molecule has 39 heavy (non-hydrogen) atoms. The third-order valence-corrected chi connectivity index (χ3v) is 8.74. The number of rotatable bonds is 10. The molecule has 11 heteroatoms. The van der Waals surface area contributed by atoms with E-state index in [2.05, 4.69) is 20.6 Å². The fourth-order valence-corrected chi connectivity index (χ4v) is 5.79. The molecule has 0 bridgehead atoms. The standard InChI is InChI=1S/C28H26N4O5S2/c1-38(33,34)16-15-29-18-22-10-14-27(37-22)20-7-13-26-25(17-20)28(31-19-30-26)32-21-8-11-24(12-9-21)39(35,36)23-5-3-2-4-6-23/h2-14,17,19,29H,15-16,18H2,1H3,(H,30,31,32). The lowest BCUT2D eigenvalue weighted by Crippen LogP contribution is -2.21. The zero-order valence-corrected chi connectivity index (χ0v) is 22.7. The predicted octanol–water partition coefficient (Wildman–Crippen LogP) is 4.60. The van der Waals surface area contributed by atoms with Crippen LogP contribution in [0.25, 0.3) is 22.2 Å². The first-order valence-corrected chi connectivity index (χ1v) is 15.6. The number of furan rings is 1. The van der Waals surface area contributed by atoms with Gasteiger partial charge in [0.2, 0.25) is 9.84 Å². The molecule has 2 aromatic heterocycles. The van der Waals surface area contributed by atoms with Crippen LogP contribution in [0.5, 0.6) is 0 Å². The molecule has 0 amide bonds. The van der Waals surface area contributed by atoms with Gasteiger partial charge in [-0.3, -0.25) is 0 Å². The van der Waals surface area contributed by atoms with Crippen molar-refractivity contribution in [2.45, 2.75) is 16.3 Å². The number of hydrogen-bond acceptors (Lipinski definition) is 9. The van der Waals surface area contributed by atoms with Gasteiger partial charge in [0.15, 0.2) is 0 Å². The van der Waals surface area contributed by atoms with Crippen LogP contribution >= 0.6 is 0 Å². The Morgan fingerprint density at radius 1 is 0.821 bits per heavy atom. The van der Waals surface area contributed by atoms with E-state index in [4.69, 9.17) is 4.42 Å². The van der Waals surface area contributed by atoms with Crippen molar-refractivity contribution in [3.8, 4) is 11.3 Å². The molecule has 2 N–H and O–H groups in total. The van der Waals surface area contributed by atoms with E-state index in [9.17, 15) is 16.8 Å². The summed E-state index contributed by atoms with van der Waals surface area (Å²) in [6.07, 6.45) is 2.67. The summed E-state index contributed by atoms with van der Waals surface area (Å²) in [6.45, 7) is 0.755. The molecule has 5 aromatic rings. The zero-order chi connectivity index (χ0) is 27.5. The number of fused-ring (bicyclic) bond motifs is 1. The van der Waals surface area contributed by atoms with Crippen LogP contribution in [0.4, 0.5) is 11.5 Å². The van der Waals surface area contributed by atoms with E-state index in [1.54, 1.807) is 54.6 Å². The predicted molar refractivity (Wildman–Crippen MR) is 150 cm³/mol. The van der Waals surface area contributed by atoms with Gasteiger partial charge in [-0.1, -0.05) is 18.2 Å². The number of sulfone groups is 2. The van der Waals surface area contributed by atoms with Crippen LogP contribution in [0.3, 0.4) is 0 Å². The Bertz CT molecular complexity index is 1820. The van der Waals surface area contributed by atoms with Crippen LogP contribution in [0.2, 0.25) is 0 Å². The number of aromatic nitrogens is 2. The fraction of sp³-hybridized carbons (Fsp3) is 0.143. The van der Waals surface area contributed by atoms with Crippen molar-refractivity contribution in [3.05, 3.63) is 97.0 Å². The van der Waals surface area contributed by atoms with Crippen molar-refractivity contribution in [2.24, 2.45) is 0 Å². The first kappa shape index (κ1) is 26.5. The van der Waals surface area contributed by atoms with Crippen LogP contribution in [-0.4, -0.2) is 45.4 Å². The summed E-state index contributed by atoms with van der Waals surface area (Å²) < 4.78 is 54.3. The highest BCUT2D eigenvalue weighted by atomic mass is 32.2. The normalized spacial score (nSPS) is 12.0. The first-order chi connectivity index (χ1) is 18.7. The summed E-state index contributed by atoms with van der Waals surface area (Å²) in [7, 11) is -6.63. The number of nitrogens with zero attached hydrogens (tertiary/aromatic N) is 2. The minimum absolute atomic E-state index is 0.0621. The highest BCUT2D eigenvalue weighted by Crippen LogP contribution is 2.30. The van der Waals surface area contributed by atoms with Crippen molar-refractivity contribution in [3.63, 3.8) is 0 Å². The third-order valence-electron chi connectivity index (χ3n) is 6.01. The topological polar surface area (TPSA) is 131 Å². The Morgan fingerprint density at radius 2 is 1.56 bits per heavy atom. The van der Waals surface area contributed by atoms with Gasteiger partial charge in [0, 0.05) is 29.4 Å². The molecule has 0 aliphatic carbocycles. The second-order valence-electron chi connectivity index (χ2n) is 8.99. The van der Waals surface area contributed by atoms with E-state index in [0.717, 1.165) is 16.5 Å². The van der Waals surface area contributed by atoms with Crippen LogP contribution in [-0.2, 0) is 26.2 Å². The lowest BCUT2D eigenvalue weighted by molar-refractivity contribution is 0.498. The molecule has 0 radical (unpaired) electrons. The van der Waals surface area contributed by atoms with E-state index in [1.807, 2.05) is 30.3 Å². The minimum Gasteiger partial charge on any atom is -0.460 e. The van der Waals surface area contributed by atoms with Gasteiger partial charge >= 0.3 is 0 Å². The van der Waals surface area contributed by atoms with E-state index in [1.165, 1.54) is 12.6 Å². The summed E-state index contributed by atoms with van der Waals surface area (Å²) in [6, 6.07) is 24.2. The Kier molecular flexibility index (Phi) is 7.47. The molecule has 0 saturated heterocycles. The molecule has 3 aromatic carbocycles. The van der Waals surface area contributed by atoms with Gasteiger partial charge in [0.1, 0.15) is 33.5 Å². The maximum Gasteiger partial charge on any atom is 0.206 e. The highest BCUT2D eigenvalue weighted by Gasteiger charge is 2.17. The zero-order valence-electron chi connectivity index (χ0n) is 21.0. The lowest BCUT2D eigenvalue weighted by atomic mass is 10.1. The van der Waals surface area contributed by atoms with Crippen LogP contribution in [0.15, 0.2) is 105 Å². The van der Waals surface area contributed by atoms with Gasteiger partial charge < -0.3 is 15.1 Å². The first-order valence-electron chi connectivity index (χ1n) is 12.1. The van der Waals surface area contributed by atoms with Gasteiger partial charge in [-0.15, -0.1) is 0 Å². The number of hydrogen-bond donors (Lipinski definition) is 2. The molecule has 2 heterocycles. The molecule has 0 spiro atoms. The van der Waals surface area contributed by atoms with Gasteiger partial charge in [0.25, 0.3) is 0 Å². The molecule has 5 rings (SSSR count). The van der Waals surface area contributed by atoms with Crippen molar-refractivity contribution < 1.29 is 21.3 Å². The average Bonchev–Trinajstić information content (AvgIpc) is 3.40. The van der Waals surface area contributed by atoms with E-state index >= 15 is 0 Å². The Labute approximate surface area is 226 Å². The maximum atomic E-state index is 12.9. The summed E-state index contributed by atoms with van der Waals surface area (Å²) >= 11 is 0. The molecule has 0 aliphatic rings. The molecule has 0 fully saturated rings. The fourth-order valence-electron chi connectivity index (χ4n) is 4.00. The second kappa shape index (κ2) is 11.0. The molecule has 9 nitrogen and oxygen atoms in total. The van der Waals surface area contributed by atoms with E-state index in [0.29, 0.717) is 36.1 Å². The van der Waals surface area contributed by atoms with Crippen LogP contribution in [0.1, 0.15) is 5.76 Å². The van der Waals surface area contributed by atoms with E-state index in [-0.39, 0.29) is 15.5 Å². The lowest BCUT2D eigenvalue weighted by Gasteiger charge is -2.10. The molecule has 0 saturated carbocycles. The quantitative estimate of drug-likeness (QED) is 0.234. The summed E-state index contributed by atoms with van der Waals surface area (Å²) in [5.41, 5.74) is 2.23. The van der Waals surface area contributed by atoms with Crippen LogP contribution in [0, 0.1) is 0 Å². The summed E-state index contributed by atoms with van der Waals surface area (Å²) in [5.74, 6) is 1.97. The monoisotopic (exact) mass is 562 g/mol. The van der Waals surface area contributed by atoms with Gasteiger partial charge in [-0.05, 0) is 66.7 Å². The molecular formula is C28H26N4O5S2. The van der Waals surface area contributed by atoms with Crippen molar-refractivity contribution >= 4 is 42.1 Å². The Hall–Kier alpha value is -4.06. The largest absolute Gasteiger partial charge is 0.460 e. The Balaban J connectivity index is 1.34. The summed E-state index contributed by atoms with van der Waals surface area (Å²) in [4.78, 5) is 9.20. The molecule has 0 unspecified atom stereocenters. The van der Waals surface area contributed by atoms with Gasteiger partial charge in [-0.25, -0.2) is 26.8 Å². The smallest absolute Gasteiger partial charge is 0.206 e. The Morgan fingerprint density at radius 3 is 2.31 bits per heavy atom. The number of anilines is 2.